The molecular weight excluding hydrogens is 282 g/mol. The second-order valence-corrected chi connectivity index (χ2v) is 5.11. The van der Waals surface area contributed by atoms with Gasteiger partial charge in [-0.15, -0.1) is 11.3 Å². The van der Waals surface area contributed by atoms with Crippen LogP contribution in [0.5, 0.6) is 0 Å². The molecule has 1 aromatic carbocycles. The molecule has 2 rings (SSSR count). The molecule has 2 aromatic rings. The molecule has 5 heteroatoms. The zero-order valence-electron chi connectivity index (χ0n) is 9.81. The maximum atomic E-state index is 12.0. The predicted molar refractivity (Wildman–Crippen MR) is 77.7 cm³/mol. The summed E-state index contributed by atoms with van der Waals surface area (Å²) < 4.78 is 0. The second kappa shape index (κ2) is 6.39. The monoisotopic (exact) mass is 291 g/mol. The van der Waals surface area contributed by atoms with Gasteiger partial charge < -0.3 is 10.4 Å². The van der Waals surface area contributed by atoms with Crippen molar-refractivity contribution in [2.24, 2.45) is 0 Å². The van der Waals surface area contributed by atoms with Crippen LogP contribution in [0.25, 0.3) is 0 Å². The van der Waals surface area contributed by atoms with Crippen molar-refractivity contribution < 1.29 is 9.90 Å². The van der Waals surface area contributed by atoms with Gasteiger partial charge in [0, 0.05) is 10.7 Å². The van der Waals surface area contributed by atoms with Crippen LogP contribution in [0.2, 0.25) is 5.02 Å². The molecule has 0 saturated carbocycles. The van der Waals surface area contributed by atoms with Crippen molar-refractivity contribution in [1.29, 1.82) is 0 Å². The Balaban J connectivity index is 2.07. The number of aliphatic hydroxyl groups is 1. The number of thiophene rings is 1. The van der Waals surface area contributed by atoms with E-state index in [1.165, 1.54) is 11.3 Å². The van der Waals surface area contributed by atoms with Gasteiger partial charge in [-0.2, -0.15) is 0 Å². The Bertz CT molecular complexity index is 637. The van der Waals surface area contributed by atoms with E-state index in [-0.39, 0.29) is 12.5 Å². The van der Waals surface area contributed by atoms with E-state index in [0.29, 0.717) is 15.6 Å². The number of anilines is 1. The standard InChI is InChI=1S/C14H10ClNO2S/c15-10-3-5-11(6-4-10)16-14(18)13-8-7-12(19-13)2-1-9-17/h3-8,17H,9H2,(H,16,18). The van der Waals surface area contributed by atoms with Crippen LogP contribution in [-0.4, -0.2) is 17.6 Å². The SMILES string of the molecule is O=C(Nc1ccc(Cl)cc1)c1ccc(C#CCO)s1. The number of carbonyl (C=O) groups is 1. The largest absolute Gasteiger partial charge is 0.384 e. The van der Waals surface area contributed by atoms with E-state index < -0.39 is 0 Å². The average molecular weight is 292 g/mol. The molecule has 0 aliphatic carbocycles. The number of hydrogen-bond acceptors (Lipinski definition) is 3. The number of rotatable bonds is 2. The first-order valence-electron chi connectivity index (χ1n) is 5.45. The molecule has 0 saturated heterocycles. The van der Waals surface area contributed by atoms with Crippen molar-refractivity contribution in [2.45, 2.75) is 0 Å². The lowest BCUT2D eigenvalue weighted by Crippen LogP contribution is -2.09. The van der Waals surface area contributed by atoms with Gasteiger partial charge in [0.15, 0.2) is 0 Å². The van der Waals surface area contributed by atoms with Crippen LogP contribution >= 0.6 is 22.9 Å². The van der Waals surface area contributed by atoms with Crippen LogP contribution in [0.3, 0.4) is 0 Å². The van der Waals surface area contributed by atoms with Gasteiger partial charge in [-0.1, -0.05) is 23.4 Å². The molecule has 1 heterocycles. The van der Waals surface area contributed by atoms with Crippen LogP contribution in [0.1, 0.15) is 14.5 Å². The van der Waals surface area contributed by atoms with Crippen molar-refractivity contribution in [3.05, 3.63) is 51.2 Å². The van der Waals surface area contributed by atoms with Crippen molar-refractivity contribution >= 4 is 34.5 Å². The fourth-order valence-electron chi connectivity index (χ4n) is 1.38. The van der Waals surface area contributed by atoms with Crippen LogP contribution < -0.4 is 5.32 Å². The van der Waals surface area contributed by atoms with Gasteiger partial charge >= 0.3 is 0 Å². The first-order chi connectivity index (χ1) is 9.19. The summed E-state index contributed by atoms with van der Waals surface area (Å²) >= 11 is 7.05. The minimum atomic E-state index is -0.190. The smallest absolute Gasteiger partial charge is 0.265 e. The number of carbonyl (C=O) groups excluding carboxylic acids is 1. The van der Waals surface area contributed by atoms with E-state index in [1.54, 1.807) is 36.4 Å². The van der Waals surface area contributed by atoms with E-state index in [4.69, 9.17) is 16.7 Å². The molecule has 0 aliphatic rings. The Kier molecular flexibility index (Phi) is 4.58. The van der Waals surface area contributed by atoms with Gasteiger partial charge in [-0.05, 0) is 36.4 Å². The number of hydrogen-bond donors (Lipinski definition) is 2. The van der Waals surface area contributed by atoms with Gasteiger partial charge in [0.05, 0.1) is 9.75 Å². The van der Waals surface area contributed by atoms with Crippen LogP contribution in [0.4, 0.5) is 5.69 Å². The maximum absolute atomic E-state index is 12.0. The molecule has 1 aromatic heterocycles. The Morgan fingerprint density at radius 2 is 2.00 bits per heavy atom. The summed E-state index contributed by atoms with van der Waals surface area (Å²) in [5.41, 5.74) is 0.686. The molecule has 0 radical (unpaired) electrons. The Morgan fingerprint density at radius 1 is 1.26 bits per heavy atom. The fraction of sp³-hybridized carbons (Fsp3) is 0.0714. The molecule has 19 heavy (non-hydrogen) atoms. The molecule has 0 spiro atoms. The van der Waals surface area contributed by atoms with E-state index in [0.717, 1.165) is 4.88 Å². The van der Waals surface area contributed by atoms with Crippen molar-refractivity contribution in [3.63, 3.8) is 0 Å². The zero-order valence-corrected chi connectivity index (χ0v) is 11.4. The highest BCUT2D eigenvalue weighted by atomic mass is 35.5. The number of nitrogens with one attached hydrogen (secondary N) is 1. The zero-order chi connectivity index (χ0) is 13.7. The fourth-order valence-corrected chi connectivity index (χ4v) is 2.28. The van der Waals surface area contributed by atoms with Gasteiger partial charge in [0.25, 0.3) is 5.91 Å². The highest BCUT2D eigenvalue weighted by Crippen LogP contribution is 2.18. The Hall–Kier alpha value is -1.80. The molecule has 0 atom stereocenters. The van der Waals surface area contributed by atoms with Gasteiger partial charge in [0.1, 0.15) is 6.61 Å². The van der Waals surface area contributed by atoms with Crippen molar-refractivity contribution in [3.8, 4) is 11.8 Å². The molecule has 3 nitrogen and oxygen atoms in total. The number of aliphatic hydroxyl groups excluding tert-OH is 1. The van der Waals surface area contributed by atoms with Crippen LogP contribution in [-0.2, 0) is 0 Å². The summed E-state index contributed by atoms with van der Waals surface area (Å²) in [6.45, 7) is -0.190. The molecule has 0 fully saturated rings. The number of benzene rings is 1. The van der Waals surface area contributed by atoms with Gasteiger partial charge in [-0.25, -0.2) is 0 Å². The van der Waals surface area contributed by atoms with E-state index >= 15 is 0 Å². The normalized spacial score (nSPS) is 9.58. The van der Waals surface area contributed by atoms with Gasteiger partial charge in [-0.3, -0.25) is 4.79 Å². The topological polar surface area (TPSA) is 49.3 Å². The first-order valence-corrected chi connectivity index (χ1v) is 6.65. The highest BCUT2D eigenvalue weighted by molar-refractivity contribution is 7.14. The minimum Gasteiger partial charge on any atom is -0.384 e. The lowest BCUT2D eigenvalue weighted by molar-refractivity contribution is 0.103. The highest BCUT2D eigenvalue weighted by Gasteiger charge is 2.08. The molecule has 0 unspecified atom stereocenters. The summed E-state index contributed by atoms with van der Waals surface area (Å²) in [5.74, 6) is 5.11. The molecule has 0 bridgehead atoms. The van der Waals surface area contributed by atoms with E-state index in [9.17, 15) is 4.79 Å². The molecule has 2 N–H and O–H groups in total. The predicted octanol–water partition coefficient (Wildman–Crippen LogP) is 3.00. The van der Waals surface area contributed by atoms with E-state index in [1.807, 2.05) is 0 Å². The quantitative estimate of drug-likeness (QED) is 0.836. The first kappa shape index (κ1) is 13.6. The summed E-state index contributed by atoms with van der Waals surface area (Å²) in [6.07, 6.45) is 0. The summed E-state index contributed by atoms with van der Waals surface area (Å²) in [7, 11) is 0. The minimum absolute atomic E-state index is 0.190. The lowest BCUT2D eigenvalue weighted by Gasteiger charge is -2.02. The molecular formula is C14H10ClNO2S. The summed E-state index contributed by atoms with van der Waals surface area (Å²) in [6, 6.07) is 10.4. The molecule has 96 valence electrons. The summed E-state index contributed by atoms with van der Waals surface area (Å²) in [5, 5.41) is 12.0. The Morgan fingerprint density at radius 3 is 2.68 bits per heavy atom. The van der Waals surface area contributed by atoms with E-state index in [2.05, 4.69) is 17.2 Å². The summed E-state index contributed by atoms with van der Waals surface area (Å²) in [4.78, 5) is 13.3. The molecule has 0 aliphatic heterocycles. The average Bonchev–Trinajstić information content (AvgIpc) is 2.88. The number of halogens is 1. The third kappa shape index (κ3) is 3.83. The van der Waals surface area contributed by atoms with Gasteiger partial charge in [0.2, 0.25) is 0 Å². The van der Waals surface area contributed by atoms with Crippen LogP contribution in [0, 0.1) is 11.8 Å². The Labute approximate surface area is 119 Å². The third-order valence-corrected chi connectivity index (χ3v) is 3.47. The maximum Gasteiger partial charge on any atom is 0.265 e. The second-order valence-electron chi connectivity index (χ2n) is 3.58. The number of amides is 1. The van der Waals surface area contributed by atoms with Crippen molar-refractivity contribution in [1.82, 2.24) is 0 Å². The molecule has 1 amide bonds. The van der Waals surface area contributed by atoms with Crippen LogP contribution in [0.15, 0.2) is 36.4 Å². The third-order valence-electron chi connectivity index (χ3n) is 2.22. The lowest BCUT2D eigenvalue weighted by atomic mass is 10.3. The van der Waals surface area contributed by atoms with Crippen molar-refractivity contribution in [2.75, 3.05) is 11.9 Å².